The Morgan fingerprint density at radius 1 is 0.966 bits per heavy atom. The quantitative estimate of drug-likeness (QED) is 0.679. The number of carbonyl (C=O) groups is 1. The first-order chi connectivity index (χ1) is 13.9. The van der Waals surface area contributed by atoms with Crippen LogP contribution in [-0.2, 0) is 7.05 Å². The van der Waals surface area contributed by atoms with Crippen LogP contribution in [0.2, 0.25) is 0 Å². The highest BCUT2D eigenvalue weighted by Crippen LogP contribution is 2.24. The van der Waals surface area contributed by atoms with Crippen molar-refractivity contribution in [3.8, 4) is 11.3 Å². The van der Waals surface area contributed by atoms with Gasteiger partial charge in [-0.3, -0.25) is 9.48 Å². The van der Waals surface area contributed by atoms with Crippen LogP contribution in [0, 0.1) is 18.6 Å². The third kappa shape index (κ3) is 3.85. The van der Waals surface area contributed by atoms with E-state index in [1.165, 1.54) is 18.2 Å². The Bertz CT molecular complexity index is 1040. The van der Waals surface area contributed by atoms with Crippen LogP contribution in [0.1, 0.15) is 16.1 Å². The fourth-order valence-electron chi connectivity index (χ4n) is 3.63. The lowest BCUT2D eigenvalue weighted by Gasteiger charge is -2.35. The molecular formula is C22H22F2N4O. The number of aryl methyl sites for hydroxylation is 2. The van der Waals surface area contributed by atoms with Crippen LogP contribution in [0.25, 0.3) is 11.3 Å². The van der Waals surface area contributed by atoms with E-state index in [1.807, 2.05) is 0 Å². The third-order valence-electron chi connectivity index (χ3n) is 5.31. The number of benzene rings is 2. The van der Waals surface area contributed by atoms with Crippen LogP contribution in [0.5, 0.6) is 0 Å². The highest BCUT2D eigenvalue weighted by Gasteiger charge is 2.25. The smallest absolute Gasteiger partial charge is 0.274 e. The molecule has 5 nitrogen and oxygen atoms in total. The van der Waals surface area contributed by atoms with Crippen molar-refractivity contribution in [3.63, 3.8) is 0 Å². The molecule has 3 aromatic rings. The Balaban J connectivity index is 1.46. The monoisotopic (exact) mass is 396 g/mol. The van der Waals surface area contributed by atoms with Crippen molar-refractivity contribution in [3.05, 3.63) is 71.4 Å². The number of amides is 1. The largest absolute Gasteiger partial charge is 0.368 e. The van der Waals surface area contributed by atoms with Crippen molar-refractivity contribution in [2.75, 3.05) is 31.1 Å². The van der Waals surface area contributed by atoms with E-state index in [0.29, 0.717) is 37.4 Å². The van der Waals surface area contributed by atoms with Gasteiger partial charge in [0.1, 0.15) is 11.6 Å². The van der Waals surface area contributed by atoms with Gasteiger partial charge in [0, 0.05) is 44.5 Å². The fraction of sp³-hybridized carbons (Fsp3) is 0.273. The molecule has 0 radical (unpaired) electrons. The van der Waals surface area contributed by atoms with E-state index in [-0.39, 0.29) is 17.5 Å². The lowest BCUT2D eigenvalue weighted by Crippen LogP contribution is -2.48. The Kier molecular flexibility index (Phi) is 5.05. The van der Waals surface area contributed by atoms with Crippen LogP contribution in [0.15, 0.2) is 48.5 Å². The molecule has 2 aromatic carbocycles. The number of aromatic nitrogens is 2. The molecule has 0 bridgehead atoms. The number of halogens is 2. The Morgan fingerprint density at radius 2 is 1.66 bits per heavy atom. The normalized spacial score (nSPS) is 14.3. The van der Waals surface area contributed by atoms with E-state index in [0.717, 1.165) is 16.9 Å². The minimum absolute atomic E-state index is 0.121. The predicted octanol–water partition coefficient (Wildman–Crippen LogP) is 3.64. The molecule has 0 N–H and O–H groups in total. The maximum atomic E-state index is 13.6. The Morgan fingerprint density at radius 3 is 2.31 bits per heavy atom. The zero-order valence-electron chi connectivity index (χ0n) is 16.4. The fourth-order valence-corrected chi connectivity index (χ4v) is 3.63. The van der Waals surface area contributed by atoms with Gasteiger partial charge in [-0.25, -0.2) is 8.78 Å². The molecule has 29 heavy (non-hydrogen) atoms. The second-order valence-corrected chi connectivity index (χ2v) is 7.26. The van der Waals surface area contributed by atoms with Gasteiger partial charge in [0.05, 0.1) is 5.69 Å². The van der Waals surface area contributed by atoms with Gasteiger partial charge in [-0.15, -0.1) is 0 Å². The highest BCUT2D eigenvalue weighted by molar-refractivity contribution is 5.93. The third-order valence-corrected chi connectivity index (χ3v) is 5.31. The summed E-state index contributed by atoms with van der Waals surface area (Å²) < 4.78 is 28.3. The summed E-state index contributed by atoms with van der Waals surface area (Å²) in [6.45, 7) is 4.19. The van der Waals surface area contributed by atoms with Crippen molar-refractivity contribution in [2.24, 2.45) is 7.05 Å². The molecule has 4 rings (SSSR count). The van der Waals surface area contributed by atoms with E-state index >= 15 is 0 Å². The topological polar surface area (TPSA) is 41.4 Å². The minimum Gasteiger partial charge on any atom is -0.368 e. The van der Waals surface area contributed by atoms with Crippen LogP contribution in [0.4, 0.5) is 14.5 Å². The molecule has 1 saturated heterocycles. The molecule has 0 aliphatic carbocycles. The summed E-state index contributed by atoms with van der Waals surface area (Å²) in [6, 6.07) is 13.0. The molecule has 1 aromatic heterocycles. The molecule has 1 aliphatic heterocycles. The number of rotatable bonds is 3. The van der Waals surface area contributed by atoms with Gasteiger partial charge in [0.15, 0.2) is 5.69 Å². The second kappa shape index (κ2) is 7.66. The number of carbonyl (C=O) groups excluding carboxylic acids is 1. The summed E-state index contributed by atoms with van der Waals surface area (Å²) in [5.41, 5.74) is 3.46. The van der Waals surface area contributed by atoms with Crippen molar-refractivity contribution in [1.29, 1.82) is 0 Å². The molecule has 150 valence electrons. The molecule has 2 heterocycles. The average molecular weight is 396 g/mol. The van der Waals surface area contributed by atoms with Crippen molar-refractivity contribution in [2.45, 2.75) is 6.92 Å². The van der Waals surface area contributed by atoms with Gasteiger partial charge >= 0.3 is 0 Å². The van der Waals surface area contributed by atoms with Crippen LogP contribution in [-0.4, -0.2) is 46.8 Å². The van der Waals surface area contributed by atoms with E-state index in [9.17, 15) is 13.6 Å². The summed E-state index contributed by atoms with van der Waals surface area (Å²) in [6.07, 6.45) is 0. The zero-order chi connectivity index (χ0) is 20.5. The van der Waals surface area contributed by atoms with Gasteiger partial charge in [-0.1, -0.05) is 0 Å². The van der Waals surface area contributed by atoms with Crippen molar-refractivity contribution in [1.82, 2.24) is 14.7 Å². The first kappa shape index (κ1) is 19.1. The summed E-state index contributed by atoms with van der Waals surface area (Å²) in [5.74, 6) is -0.638. The number of nitrogens with zero attached hydrogens (tertiary/aromatic N) is 4. The van der Waals surface area contributed by atoms with Crippen LogP contribution in [0.3, 0.4) is 0 Å². The molecule has 1 fully saturated rings. The summed E-state index contributed by atoms with van der Waals surface area (Å²) >= 11 is 0. The predicted molar refractivity (Wildman–Crippen MR) is 108 cm³/mol. The van der Waals surface area contributed by atoms with Gasteiger partial charge < -0.3 is 9.80 Å². The molecule has 7 heteroatoms. The maximum absolute atomic E-state index is 13.6. The number of piperazine rings is 1. The van der Waals surface area contributed by atoms with Crippen LogP contribution >= 0.6 is 0 Å². The zero-order valence-corrected chi connectivity index (χ0v) is 16.4. The first-order valence-electron chi connectivity index (χ1n) is 9.53. The molecule has 1 amide bonds. The molecule has 0 spiro atoms. The van der Waals surface area contributed by atoms with Crippen LogP contribution < -0.4 is 4.90 Å². The van der Waals surface area contributed by atoms with E-state index in [1.54, 1.807) is 53.9 Å². The van der Waals surface area contributed by atoms with Gasteiger partial charge in [0.25, 0.3) is 5.91 Å². The van der Waals surface area contributed by atoms with Gasteiger partial charge in [0.2, 0.25) is 0 Å². The Hall–Kier alpha value is -3.22. The van der Waals surface area contributed by atoms with Gasteiger partial charge in [-0.2, -0.15) is 5.10 Å². The van der Waals surface area contributed by atoms with E-state index in [4.69, 9.17) is 0 Å². The number of hydrogen-bond donors (Lipinski definition) is 0. The molecular weight excluding hydrogens is 374 g/mol. The number of anilines is 1. The maximum Gasteiger partial charge on any atom is 0.274 e. The summed E-state index contributed by atoms with van der Waals surface area (Å²) in [5, 5.41) is 4.38. The minimum atomic E-state index is -0.259. The average Bonchev–Trinajstić information content (AvgIpc) is 3.12. The lowest BCUT2D eigenvalue weighted by atomic mass is 10.1. The number of hydrogen-bond acceptors (Lipinski definition) is 3. The van der Waals surface area contributed by atoms with Crippen molar-refractivity contribution < 1.29 is 13.6 Å². The molecule has 0 saturated carbocycles. The van der Waals surface area contributed by atoms with Gasteiger partial charge in [-0.05, 0) is 61.0 Å². The first-order valence-corrected chi connectivity index (χ1v) is 9.53. The standard InChI is InChI=1S/C22H22F2N4O/c1-15-13-16(3-8-19(15)24)21-14-20(25-26(21)2)22(29)28-11-9-27(10-12-28)18-6-4-17(23)5-7-18/h3-8,13-14H,9-12H2,1-2H3. The lowest BCUT2D eigenvalue weighted by molar-refractivity contribution is 0.0740. The Labute approximate surface area is 168 Å². The van der Waals surface area contributed by atoms with E-state index in [2.05, 4.69) is 10.00 Å². The van der Waals surface area contributed by atoms with Crippen molar-refractivity contribution >= 4 is 11.6 Å². The molecule has 0 atom stereocenters. The highest BCUT2D eigenvalue weighted by atomic mass is 19.1. The second-order valence-electron chi connectivity index (χ2n) is 7.26. The molecule has 1 aliphatic rings. The van der Waals surface area contributed by atoms with E-state index < -0.39 is 0 Å². The SMILES string of the molecule is Cc1cc(-c2cc(C(=O)N3CCN(c4ccc(F)cc4)CC3)nn2C)ccc1F. The summed E-state index contributed by atoms with van der Waals surface area (Å²) in [7, 11) is 1.78. The molecule has 0 unspecified atom stereocenters. The summed E-state index contributed by atoms with van der Waals surface area (Å²) in [4.78, 5) is 16.8.